The number of carbonyl (C=O) groups excluding carboxylic acids is 4. The number of aliphatic hydroxyl groups is 1. The summed E-state index contributed by atoms with van der Waals surface area (Å²) in [6, 6.07) is 12.1. The van der Waals surface area contributed by atoms with Gasteiger partial charge in [0.2, 0.25) is 5.91 Å². The van der Waals surface area contributed by atoms with Crippen molar-refractivity contribution in [2.24, 2.45) is 5.73 Å². The van der Waals surface area contributed by atoms with E-state index in [1.807, 2.05) is 17.0 Å². The minimum atomic E-state index is -1.30. The highest BCUT2D eigenvalue weighted by Gasteiger charge is 2.26. The summed E-state index contributed by atoms with van der Waals surface area (Å²) in [5.41, 5.74) is 9.30. The summed E-state index contributed by atoms with van der Waals surface area (Å²) in [6.45, 7) is 3.69. The third kappa shape index (κ3) is 7.01. The Bertz CT molecular complexity index is 1080. The van der Waals surface area contributed by atoms with Crippen LogP contribution in [-0.2, 0) is 9.59 Å². The summed E-state index contributed by atoms with van der Waals surface area (Å²) in [5.74, 6) is -1.66. The number of nitrogens with two attached hydrogens (primary N) is 1. The molecule has 0 unspecified atom stereocenters. The Morgan fingerprint density at radius 1 is 0.944 bits per heavy atom. The van der Waals surface area contributed by atoms with Crippen LogP contribution >= 0.6 is 0 Å². The van der Waals surface area contributed by atoms with E-state index in [2.05, 4.69) is 10.6 Å². The molecule has 0 radical (unpaired) electrons. The SMILES string of the molecule is C[C@@H](O)[C@H](NC(=O)c1ccc(-c2ccc(NC(=O)CN3CCN(C(N)=O)CC3)cc2)cc1)C(=O)NO. The van der Waals surface area contributed by atoms with E-state index in [1.165, 1.54) is 12.4 Å². The van der Waals surface area contributed by atoms with Gasteiger partial charge in [0.05, 0.1) is 12.6 Å². The molecule has 0 saturated carbocycles. The lowest BCUT2D eigenvalue weighted by atomic mass is 10.0. The Kier molecular flexibility index (Phi) is 8.95. The van der Waals surface area contributed by atoms with Gasteiger partial charge in [-0.3, -0.25) is 24.5 Å². The molecule has 1 fully saturated rings. The van der Waals surface area contributed by atoms with Gasteiger partial charge in [0.25, 0.3) is 11.8 Å². The molecule has 7 N–H and O–H groups in total. The van der Waals surface area contributed by atoms with Gasteiger partial charge in [-0.15, -0.1) is 0 Å². The predicted molar refractivity (Wildman–Crippen MR) is 131 cm³/mol. The quantitative estimate of drug-likeness (QED) is 0.219. The van der Waals surface area contributed by atoms with Crippen molar-refractivity contribution < 1.29 is 29.5 Å². The monoisotopic (exact) mass is 498 g/mol. The van der Waals surface area contributed by atoms with Gasteiger partial charge in [-0.1, -0.05) is 24.3 Å². The van der Waals surface area contributed by atoms with E-state index in [0.29, 0.717) is 31.9 Å². The lowest BCUT2D eigenvalue weighted by Gasteiger charge is -2.33. The molecule has 0 spiro atoms. The number of hydrogen-bond donors (Lipinski definition) is 6. The minimum absolute atomic E-state index is 0.156. The zero-order valence-corrected chi connectivity index (χ0v) is 19.8. The Labute approximate surface area is 208 Å². The third-order valence-corrected chi connectivity index (χ3v) is 5.86. The van der Waals surface area contributed by atoms with Crippen molar-refractivity contribution in [3.63, 3.8) is 0 Å². The maximum Gasteiger partial charge on any atom is 0.314 e. The number of aliphatic hydroxyl groups excluding tert-OH is 1. The van der Waals surface area contributed by atoms with Crippen molar-refractivity contribution in [3.05, 3.63) is 54.1 Å². The van der Waals surface area contributed by atoms with Crippen molar-refractivity contribution in [2.75, 3.05) is 38.0 Å². The molecule has 1 aliphatic heterocycles. The second-order valence-electron chi connectivity index (χ2n) is 8.47. The van der Waals surface area contributed by atoms with E-state index in [1.54, 1.807) is 41.3 Å². The Balaban J connectivity index is 1.54. The zero-order chi connectivity index (χ0) is 26.2. The minimum Gasteiger partial charge on any atom is -0.391 e. The number of benzene rings is 2. The van der Waals surface area contributed by atoms with Gasteiger partial charge in [0, 0.05) is 37.4 Å². The van der Waals surface area contributed by atoms with E-state index < -0.39 is 30.0 Å². The molecular formula is C24H30N6O6. The van der Waals surface area contributed by atoms with Crippen LogP contribution in [0.4, 0.5) is 10.5 Å². The standard InChI is InChI=1S/C24H30N6O6/c1-15(31)21(23(34)28-36)27-22(33)18-4-2-16(3-5-18)17-6-8-19(9-7-17)26-20(32)14-29-10-12-30(13-11-29)24(25)35/h2-9,15,21,31,36H,10-14H2,1H3,(H2,25,35)(H,26,32)(H,27,33)(H,28,34)/t15-,21+/m1/s1. The lowest BCUT2D eigenvalue weighted by molar-refractivity contribution is -0.133. The molecule has 1 heterocycles. The fourth-order valence-electron chi connectivity index (χ4n) is 3.79. The fraction of sp³-hybridized carbons (Fsp3) is 0.333. The van der Waals surface area contributed by atoms with Crippen LogP contribution in [0.2, 0.25) is 0 Å². The number of nitrogens with zero attached hydrogens (tertiary/aromatic N) is 2. The topological polar surface area (TPSA) is 177 Å². The molecule has 12 nitrogen and oxygen atoms in total. The number of carbonyl (C=O) groups is 4. The molecule has 5 amide bonds. The van der Waals surface area contributed by atoms with E-state index in [9.17, 15) is 24.3 Å². The molecule has 2 aromatic rings. The first kappa shape index (κ1) is 26.6. The van der Waals surface area contributed by atoms with Gasteiger partial charge in [-0.25, -0.2) is 10.3 Å². The third-order valence-electron chi connectivity index (χ3n) is 5.86. The molecule has 192 valence electrons. The zero-order valence-electron chi connectivity index (χ0n) is 19.8. The first-order valence-electron chi connectivity index (χ1n) is 11.4. The second-order valence-corrected chi connectivity index (χ2v) is 8.47. The molecule has 12 heteroatoms. The maximum atomic E-state index is 12.4. The van der Waals surface area contributed by atoms with Crippen molar-refractivity contribution in [1.82, 2.24) is 20.6 Å². The van der Waals surface area contributed by atoms with Crippen molar-refractivity contribution >= 4 is 29.4 Å². The highest BCUT2D eigenvalue weighted by atomic mass is 16.5. The van der Waals surface area contributed by atoms with Crippen molar-refractivity contribution in [2.45, 2.75) is 19.1 Å². The summed E-state index contributed by atoms with van der Waals surface area (Å²) >= 11 is 0. The van der Waals surface area contributed by atoms with E-state index >= 15 is 0 Å². The smallest absolute Gasteiger partial charge is 0.314 e. The number of piperazine rings is 1. The average molecular weight is 499 g/mol. The molecule has 2 aromatic carbocycles. The summed E-state index contributed by atoms with van der Waals surface area (Å²) < 4.78 is 0. The first-order valence-corrected chi connectivity index (χ1v) is 11.4. The number of urea groups is 1. The molecule has 0 bridgehead atoms. The highest BCUT2D eigenvalue weighted by molar-refractivity contribution is 5.98. The summed E-state index contributed by atoms with van der Waals surface area (Å²) in [7, 11) is 0. The number of rotatable bonds is 8. The normalized spacial score (nSPS) is 15.5. The summed E-state index contributed by atoms with van der Waals surface area (Å²) in [6.07, 6.45) is -1.20. The van der Waals surface area contributed by atoms with Crippen LogP contribution in [0.3, 0.4) is 0 Å². The average Bonchev–Trinajstić information content (AvgIpc) is 2.87. The van der Waals surface area contributed by atoms with E-state index in [4.69, 9.17) is 10.9 Å². The predicted octanol–water partition coefficient (Wildman–Crippen LogP) is -0.0270. The maximum absolute atomic E-state index is 12.4. The second kappa shape index (κ2) is 12.1. The molecule has 36 heavy (non-hydrogen) atoms. The number of hydrogen-bond acceptors (Lipinski definition) is 7. The number of anilines is 1. The van der Waals surface area contributed by atoms with Crippen LogP contribution in [0.25, 0.3) is 11.1 Å². The number of hydroxylamine groups is 1. The summed E-state index contributed by atoms with van der Waals surface area (Å²) in [5, 5.41) is 23.7. The molecule has 3 rings (SSSR count). The van der Waals surface area contributed by atoms with Gasteiger partial charge < -0.3 is 26.4 Å². The van der Waals surface area contributed by atoms with Crippen LogP contribution < -0.4 is 21.8 Å². The van der Waals surface area contributed by atoms with E-state index in [-0.39, 0.29) is 18.0 Å². The molecule has 1 aliphatic rings. The van der Waals surface area contributed by atoms with Gasteiger partial charge in [-0.2, -0.15) is 0 Å². The molecule has 0 aliphatic carbocycles. The van der Waals surface area contributed by atoms with Crippen LogP contribution in [0.15, 0.2) is 48.5 Å². The fourth-order valence-corrected chi connectivity index (χ4v) is 3.79. The lowest BCUT2D eigenvalue weighted by Crippen LogP contribution is -2.51. The van der Waals surface area contributed by atoms with Crippen LogP contribution in [0.1, 0.15) is 17.3 Å². The highest BCUT2D eigenvalue weighted by Crippen LogP contribution is 2.22. The van der Waals surface area contributed by atoms with Crippen LogP contribution in [0, 0.1) is 0 Å². The Morgan fingerprint density at radius 2 is 1.50 bits per heavy atom. The van der Waals surface area contributed by atoms with Gasteiger partial charge >= 0.3 is 6.03 Å². The van der Waals surface area contributed by atoms with E-state index in [0.717, 1.165) is 11.1 Å². The molecule has 1 saturated heterocycles. The van der Waals surface area contributed by atoms with Gasteiger partial charge in [-0.05, 0) is 42.3 Å². The largest absolute Gasteiger partial charge is 0.391 e. The van der Waals surface area contributed by atoms with Crippen LogP contribution in [0.5, 0.6) is 0 Å². The molecule has 2 atom stereocenters. The van der Waals surface area contributed by atoms with Crippen molar-refractivity contribution in [1.29, 1.82) is 0 Å². The number of amides is 5. The van der Waals surface area contributed by atoms with Crippen molar-refractivity contribution in [3.8, 4) is 11.1 Å². The van der Waals surface area contributed by atoms with Gasteiger partial charge in [0.15, 0.2) is 0 Å². The molecule has 0 aromatic heterocycles. The van der Waals surface area contributed by atoms with Crippen LogP contribution in [-0.4, -0.2) is 88.7 Å². The number of primary amides is 1. The number of nitrogens with one attached hydrogen (secondary N) is 3. The summed E-state index contributed by atoms with van der Waals surface area (Å²) in [4.78, 5) is 51.1. The Hall–Kier alpha value is -4.00. The first-order chi connectivity index (χ1) is 17.2. The Morgan fingerprint density at radius 3 is 2.00 bits per heavy atom. The van der Waals surface area contributed by atoms with Gasteiger partial charge in [0.1, 0.15) is 6.04 Å². The molecular weight excluding hydrogens is 468 g/mol.